The van der Waals surface area contributed by atoms with Gasteiger partial charge in [-0.2, -0.15) is 4.31 Å². The van der Waals surface area contributed by atoms with E-state index in [1.54, 1.807) is 6.07 Å². The van der Waals surface area contributed by atoms with E-state index >= 15 is 0 Å². The molecule has 1 N–H and O–H groups in total. The van der Waals surface area contributed by atoms with Crippen LogP contribution in [0.2, 0.25) is 0 Å². The second-order valence-corrected chi connectivity index (χ2v) is 7.91. The van der Waals surface area contributed by atoms with Crippen molar-refractivity contribution in [2.75, 3.05) is 52.2 Å². The first-order valence-electron chi connectivity index (χ1n) is 8.11. The molecule has 1 saturated heterocycles. The zero-order valence-electron chi connectivity index (χ0n) is 14.3. The molecule has 0 aliphatic carbocycles. The van der Waals surface area contributed by atoms with E-state index in [2.05, 4.69) is 10.2 Å². The van der Waals surface area contributed by atoms with E-state index in [9.17, 15) is 17.6 Å². The minimum Gasteiger partial charge on any atom is -0.379 e. The molecule has 1 heterocycles. The maximum absolute atomic E-state index is 13.7. The molecule has 1 aromatic rings. The third kappa shape index (κ3) is 6.69. The van der Waals surface area contributed by atoms with Crippen LogP contribution in [0.25, 0.3) is 0 Å². The van der Waals surface area contributed by atoms with Crippen LogP contribution in [0, 0.1) is 5.82 Å². The molecule has 0 saturated carbocycles. The molecule has 0 bridgehead atoms. The van der Waals surface area contributed by atoms with Gasteiger partial charge in [0.05, 0.1) is 26.0 Å². The van der Waals surface area contributed by atoms with E-state index in [1.165, 1.54) is 18.2 Å². The number of nitrogens with zero attached hydrogens (tertiary/aromatic N) is 2. The number of rotatable bonds is 8. The molecule has 1 fully saturated rings. The van der Waals surface area contributed by atoms with Gasteiger partial charge in [-0.1, -0.05) is 18.2 Å². The summed E-state index contributed by atoms with van der Waals surface area (Å²) in [5.41, 5.74) is 0.231. The Morgan fingerprint density at radius 3 is 2.64 bits per heavy atom. The first kappa shape index (κ1) is 19.8. The Bertz CT molecular complexity index is 678. The minimum absolute atomic E-state index is 0.178. The summed E-state index contributed by atoms with van der Waals surface area (Å²) in [4.78, 5) is 14.2. The number of hydrogen-bond acceptors (Lipinski definition) is 5. The Balaban J connectivity index is 1.86. The summed E-state index contributed by atoms with van der Waals surface area (Å²) in [5.74, 6) is -0.904. The van der Waals surface area contributed by atoms with Gasteiger partial charge in [-0.25, -0.2) is 12.8 Å². The molecule has 7 nitrogen and oxygen atoms in total. The van der Waals surface area contributed by atoms with E-state index in [1.807, 2.05) is 0 Å². The Kier molecular flexibility index (Phi) is 7.30. The average molecular weight is 373 g/mol. The standard InChI is InChI=1S/C16H24FN3O4S/c1-25(22,23)20(12-14-4-2-3-5-15(14)17)13-16(21)18-6-7-19-8-10-24-11-9-19/h2-5H,6-13H2,1H3,(H,18,21). The van der Waals surface area contributed by atoms with E-state index in [4.69, 9.17) is 4.74 Å². The summed E-state index contributed by atoms with van der Waals surface area (Å²) >= 11 is 0. The van der Waals surface area contributed by atoms with Crippen LogP contribution in [-0.2, 0) is 26.1 Å². The van der Waals surface area contributed by atoms with Crippen LogP contribution in [0.1, 0.15) is 5.56 Å². The number of ether oxygens (including phenoxy) is 1. The van der Waals surface area contributed by atoms with Gasteiger partial charge in [-0.3, -0.25) is 9.69 Å². The number of nitrogens with one attached hydrogen (secondary N) is 1. The van der Waals surface area contributed by atoms with Crippen LogP contribution in [-0.4, -0.2) is 75.7 Å². The van der Waals surface area contributed by atoms with Crippen LogP contribution >= 0.6 is 0 Å². The average Bonchev–Trinajstić information content (AvgIpc) is 2.56. The first-order valence-corrected chi connectivity index (χ1v) is 9.96. The first-order chi connectivity index (χ1) is 11.9. The highest BCUT2D eigenvalue weighted by Crippen LogP contribution is 2.12. The summed E-state index contributed by atoms with van der Waals surface area (Å²) in [6.45, 7) is 3.59. The van der Waals surface area contributed by atoms with Gasteiger partial charge in [0.25, 0.3) is 0 Å². The van der Waals surface area contributed by atoms with Crippen molar-refractivity contribution in [2.45, 2.75) is 6.54 Å². The lowest BCUT2D eigenvalue weighted by Gasteiger charge is -2.26. The lowest BCUT2D eigenvalue weighted by atomic mass is 10.2. The van der Waals surface area contributed by atoms with Gasteiger partial charge in [0.2, 0.25) is 15.9 Å². The molecule has 140 valence electrons. The number of hydrogen-bond donors (Lipinski definition) is 1. The van der Waals surface area contributed by atoms with Crippen molar-refractivity contribution in [2.24, 2.45) is 0 Å². The normalized spacial score (nSPS) is 16.1. The minimum atomic E-state index is -3.64. The molecule has 9 heteroatoms. The van der Waals surface area contributed by atoms with Gasteiger partial charge in [-0.05, 0) is 6.07 Å². The fraction of sp³-hybridized carbons (Fsp3) is 0.562. The van der Waals surface area contributed by atoms with E-state index in [0.717, 1.165) is 23.7 Å². The van der Waals surface area contributed by atoms with Crippen molar-refractivity contribution < 1.29 is 22.3 Å². The summed E-state index contributed by atoms with van der Waals surface area (Å²) < 4.78 is 43.8. The molecule has 0 spiro atoms. The van der Waals surface area contributed by atoms with Gasteiger partial charge < -0.3 is 10.1 Å². The number of sulfonamides is 1. The molecule has 1 aliphatic rings. The number of benzene rings is 1. The zero-order valence-corrected chi connectivity index (χ0v) is 15.1. The Morgan fingerprint density at radius 2 is 2.00 bits per heavy atom. The Labute approximate surface area is 147 Å². The quantitative estimate of drug-likeness (QED) is 0.696. The second-order valence-electron chi connectivity index (χ2n) is 5.93. The molecule has 1 aromatic carbocycles. The molecule has 2 rings (SSSR count). The summed E-state index contributed by atoms with van der Waals surface area (Å²) in [5, 5.41) is 2.71. The van der Waals surface area contributed by atoms with Crippen molar-refractivity contribution in [1.82, 2.24) is 14.5 Å². The molecule has 0 unspecified atom stereocenters. The van der Waals surface area contributed by atoms with Gasteiger partial charge >= 0.3 is 0 Å². The molecule has 0 atom stereocenters. The van der Waals surface area contributed by atoms with Crippen molar-refractivity contribution in [3.63, 3.8) is 0 Å². The molecular weight excluding hydrogens is 349 g/mol. The zero-order chi connectivity index (χ0) is 18.3. The molecule has 1 aliphatic heterocycles. The highest BCUT2D eigenvalue weighted by Gasteiger charge is 2.21. The Hall–Kier alpha value is -1.55. The maximum atomic E-state index is 13.7. The monoisotopic (exact) mass is 373 g/mol. The molecule has 0 radical (unpaired) electrons. The number of carbonyl (C=O) groups is 1. The van der Waals surface area contributed by atoms with Gasteiger partial charge in [0.15, 0.2) is 0 Å². The predicted molar refractivity (Wildman–Crippen MR) is 91.9 cm³/mol. The Morgan fingerprint density at radius 1 is 1.32 bits per heavy atom. The number of morpholine rings is 1. The molecule has 0 aromatic heterocycles. The maximum Gasteiger partial charge on any atom is 0.235 e. The van der Waals surface area contributed by atoms with E-state index in [-0.39, 0.29) is 18.7 Å². The van der Waals surface area contributed by atoms with Crippen LogP contribution in [0.3, 0.4) is 0 Å². The number of carbonyl (C=O) groups excluding carboxylic acids is 1. The van der Waals surface area contributed by atoms with Crippen molar-refractivity contribution in [3.8, 4) is 0 Å². The van der Waals surface area contributed by atoms with Gasteiger partial charge in [0.1, 0.15) is 5.82 Å². The van der Waals surface area contributed by atoms with Crippen molar-refractivity contribution in [3.05, 3.63) is 35.6 Å². The SMILES string of the molecule is CS(=O)(=O)N(CC(=O)NCCN1CCOCC1)Cc1ccccc1F. The third-order valence-corrected chi connectivity index (χ3v) is 5.14. The molecular formula is C16H24FN3O4S. The predicted octanol–water partition coefficient (Wildman–Crippen LogP) is 0.0357. The van der Waals surface area contributed by atoms with Crippen molar-refractivity contribution >= 4 is 15.9 Å². The van der Waals surface area contributed by atoms with Crippen LogP contribution < -0.4 is 5.32 Å². The van der Waals surface area contributed by atoms with Crippen LogP contribution in [0.15, 0.2) is 24.3 Å². The summed E-state index contributed by atoms with van der Waals surface area (Å²) in [6.07, 6.45) is 1.01. The fourth-order valence-electron chi connectivity index (χ4n) is 2.50. The van der Waals surface area contributed by atoms with Gasteiger partial charge in [-0.15, -0.1) is 0 Å². The van der Waals surface area contributed by atoms with Crippen molar-refractivity contribution in [1.29, 1.82) is 0 Å². The third-order valence-electron chi connectivity index (χ3n) is 3.95. The lowest BCUT2D eigenvalue weighted by Crippen LogP contribution is -2.44. The van der Waals surface area contributed by atoms with Crippen LogP contribution in [0.5, 0.6) is 0 Å². The molecule has 1 amide bonds. The topological polar surface area (TPSA) is 79.0 Å². The second kappa shape index (κ2) is 9.23. The van der Waals surface area contributed by atoms with Crippen LogP contribution in [0.4, 0.5) is 4.39 Å². The summed E-state index contributed by atoms with van der Waals surface area (Å²) in [6, 6.07) is 5.92. The smallest absolute Gasteiger partial charge is 0.235 e. The van der Waals surface area contributed by atoms with Gasteiger partial charge in [0, 0.05) is 38.3 Å². The molecule has 25 heavy (non-hydrogen) atoms. The van der Waals surface area contributed by atoms with E-state index < -0.39 is 21.7 Å². The highest BCUT2D eigenvalue weighted by atomic mass is 32.2. The summed E-state index contributed by atoms with van der Waals surface area (Å²) in [7, 11) is -3.64. The largest absolute Gasteiger partial charge is 0.379 e. The van der Waals surface area contributed by atoms with E-state index in [0.29, 0.717) is 26.3 Å². The number of halogens is 1. The lowest BCUT2D eigenvalue weighted by molar-refractivity contribution is -0.121. The highest BCUT2D eigenvalue weighted by molar-refractivity contribution is 7.88. The number of amides is 1. The fourth-order valence-corrected chi connectivity index (χ4v) is 3.23.